The van der Waals surface area contributed by atoms with Crippen molar-refractivity contribution in [3.8, 4) is 11.6 Å². The van der Waals surface area contributed by atoms with Crippen LogP contribution in [0.2, 0.25) is 0 Å². The summed E-state index contributed by atoms with van der Waals surface area (Å²) in [6.45, 7) is 0. The zero-order valence-corrected chi connectivity index (χ0v) is 6.06. The lowest BCUT2D eigenvalue weighted by molar-refractivity contribution is 0.633. The van der Waals surface area contributed by atoms with E-state index in [4.69, 9.17) is 16.3 Å². The number of nitrogens with zero attached hydrogens (tertiary/aromatic N) is 1. The third-order valence-electron chi connectivity index (χ3n) is 1.40. The SMILES string of the molecule is ClCCc1ccc2c(n1)O2. The number of fused-ring (bicyclic) bond motifs is 1. The Bertz CT molecular complexity index is 262. The third kappa shape index (κ3) is 0.948. The maximum absolute atomic E-state index is 5.52. The van der Waals surface area contributed by atoms with Gasteiger partial charge in [-0.15, -0.1) is 11.6 Å². The molecule has 2 rings (SSSR count). The molecule has 1 aliphatic rings. The van der Waals surface area contributed by atoms with Crippen LogP contribution < -0.4 is 4.74 Å². The standard InChI is InChI=1S/C7H6ClNO/c8-4-3-5-1-2-6-7(9-5)10-6/h1-2H,3-4H2. The summed E-state index contributed by atoms with van der Waals surface area (Å²) in [4.78, 5) is 4.15. The predicted octanol–water partition coefficient (Wildman–Crippen LogP) is 1.97. The molecule has 52 valence electrons. The second kappa shape index (κ2) is 2.13. The molecule has 0 N–H and O–H groups in total. The van der Waals surface area contributed by atoms with Gasteiger partial charge in [0.25, 0.3) is 5.88 Å². The summed E-state index contributed by atoms with van der Waals surface area (Å²) in [7, 11) is 0. The van der Waals surface area contributed by atoms with Gasteiger partial charge in [-0.05, 0) is 12.1 Å². The maximum Gasteiger partial charge on any atom is 0.263 e. The van der Waals surface area contributed by atoms with Crippen LogP contribution in [0.25, 0.3) is 0 Å². The summed E-state index contributed by atoms with van der Waals surface area (Å²) >= 11 is 5.52. The molecule has 1 aliphatic heterocycles. The van der Waals surface area contributed by atoms with Crippen molar-refractivity contribution in [2.75, 3.05) is 5.88 Å². The second-order valence-electron chi connectivity index (χ2n) is 2.15. The molecule has 0 fully saturated rings. The van der Waals surface area contributed by atoms with Crippen LogP contribution in [0.5, 0.6) is 11.6 Å². The Balaban J connectivity index is 2.22. The van der Waals surface area contributed by atoms with E-state index in [1.807, 2.05) is 12.1 Å². The lowest BCUT2D eigenvalue weighted by Gasteiger charge is -1.88. The Morgan fingerprint density at radius 1 is 1.50 bits per heavy atom. The van der Waals surface area contributed by atoms with Crippen LogP contribution in [0.3, 0.4) is 0 Å². The first-order valence-corrected chi connectivity index (χ1v) is 3.67. The van der Waals surface area contributed by atoms with Gasteiger partial charge in [-0.2, -0.15) is 0 Å². The summed E-state index contributed by atoms with van der Waals surface area (Å²) in [5.41, 5.74) is 1.01. The van der Waals surface area contributed by atoms with Gasteiger partial charge < -0.3 is 4.74 Å². The highest BCUT2D eigenvalue weighted by molar-refractivity contribution is 6.17. The lowest BCUT2D eigenvalue weighted by Crippen LogP contribution is -1.86. The number of alkyl halides is 1. The first-order valence-electron chi connectivity index (χ1n) is 3.14. The minimum Gasteiger partial charge on any atom is -0.430 e. The molecule has 0 saturated heterocycles. The summed E-state index contributed by atoms with van der Waals surface area (Å²) < 4.78 is 4.97. The van der Waals surface area contributed by atoms with Crippen molar-refractivity contribution in [3.63, 3.8) is 0 Å². The van der Waals surface area contributed by atoms with Gasteiger partial charge in [-0.25, -0.2) is 4.98 Å². The largest absolute Gasteiger partial charge is 0.430 e. The van der Waals surface area contributed by atoms with Crippen molar-refractivity contribution in [2.45, 2.75) is 6.42 Å². The summed E-state index contributed by atoms with van der Waals surface area (Å²) in [5.74, 6) is 2.28. The third-order valence-corrected chi connectivity index (χ3v) is 1.59. The molecule has 2 nitrogen and oxygen atoms in total. The molecule has 0 saturated carbocycles. The molecule has 0 bridgehead atoms. The molecule has 0 spiro atoms. The number of hydrogen-bond donors (Lipinski definition) is 0. The molecule has 10 heavy (non-hydrogen) atoms. The fourth-order valence-corrected chi connectivity index (χ4v) is 1.03. The Hall–Kier alpha value is -0.760. The van der Waals surface area contributed by atoms with E-state index in [1.54, 1.807) is 0 Å². The molecule has 2 heterocycles. The van der Waals surface area contributed by atoms with Crippen LogP contribution >= 0.6 is 11.6 Å². The molecule has 1 aromatic heterocycles. The quantitative estimate of drug-likeness (QED) is 0.490. The van der Waals surface area contributed by atoms with Crippen LogP contribution in [0.1, 0.15) is 5.69 Å². The van der Waals surface area contributed by atoms with Gasteiger partial charge >= 0.3 is 0 Å². The molecule has 0 radical (unpaired) electrons. The first kappa shape index (κ1) is 5.98. The van der Waals surface area contributed by atoms with Gasteiger partial charge in [0.05, 0.1) is 0 Å². The van der Waals surface area contributed by atoms with Crippen LogP contribution in [0.4, 0.5) is 0 Å². The maximum atomic E-state index is 5.52. The molecule has 1 aromatic rings. The van der Waals surface area contributed by atoms with Crippen molar-refractivity contribution in [3.05, 3.63) is 17.8 Å². The van der Waals surface area contributed by atoms with Crippen molar-refractivity contribution in [1.29, 1.82) is 0 Å². The van der Waals surface area contributed by atoms with Gasteiger partial charge in [-0.3, -0.25) is 0 Å². The fraction of sp³-hybridized carbons (Fsp3) is 0.286. The Kier molecular flexibility index (Phi) is 1.27. The van der Waals surface area contributed by atoms with Crippen LogP contribution in [-0.4, -0.2) is 10.9 Å². The summed E-state index contributed by atoms with van der Waals surface area (Å²) in [6, 6.07) is 3.86. The molecule has 0 aromatic carbocycles. The minimum atomic E-state index is 0.617. The highest BCUT2D eigenvalue weighted by Gasteiger charge is 2.21. The monoisotopic (exact) mass is 155 g/mol. The summed E-state index contributed by atoms with van der Waals surface area (Å²) in [6.07, 6.45) is 0.818. The number of aryl methyl sites for hydroxylation is 1. The Labute approximate surface area is 63.8 Å². The zero-order valence-electron chi connectivity index (χ0n) is 5.30. The van der Waals surface area contributed by atoms with E-state index < -0.39 is 0 Å². The number of halogens is 1. The molecule has 3 heteroatoms. The topological polar surface area (TPSA) is 25.4 Å². The first-order chi connectivity index (χ1) is 4.90. The van der Waals surface area contributed by atoms with E-state index in [-0.39, 0.29) is 0 Å². The smallest absolute Gasteiger partial charge is 0.263 e. The van der Waals surface area contributed by atoms with E-state index in [2.05, 4.69) is 4.98 Å². The molecular weight excluding hydrogens is 150 g/mol. The molecular formula is C7H6ClNO. The highest BCUT2D eigenvalue weighted by Crippen LogP contribution is 2.42. The fourth-order valence-electron chi connectivity index (χ4n) is 0.837. The van der Waals surface area contributed by atoms with Crippen molar-refractivity contribution >= 4 is 11.6 Å². The van der Waals surface area contributed by atoms with E-state index in [1.165, 1.54) is 0 Å². The Morgan fingerprint density at radius 2 is 2.40 bits per heavy atom. The van der Waals surface area contributed by atoms with Crippen molar-refractivity contribution < 1.29 is 4.74 Å². The number of rotatable bonds is 2. The lowest BCUT2D eigenvalue weighted by atomic mass is 10.3. The summed E-state index contributed by atoms with van der Waals surface area (Å²) in [5, 5.41) is 0. The van der Waals surface area contributed by atoms with E-state index in [0.717, 1.165) is 23.7 Å². The van der Waals surface area contributed by atoms with Gasteiger partial charge in [0.15, 0.2) is 5.75 Å². The van der Waals surface area contributed by atoms with Gasteiger partial charge in [0.2, 0.25) is 0 Å². The Morgan fingerprint density at radius 3 is 3.10 bits per heavy atom. The normalized spacial score (nSPS) is 12.1. The van der Waals surface area contributed by atoms with Crippen molar-refractivity contribution in [1.82, 2.24) is 4.98 Å². The van der Waals surface area contributed by atoms with E-state index in [9.17, 15) is 0 Å². The van der Waals surface area contributed by atoms with E-state index in [0.29, 0.717) is 5.88 Å². The molecule has 0 unspecified atom stereocenters. The number of aromatic nitrogens is 1. The van der Waals surface area contributed by atoms with Crippen LogP contribution in [0.15, 0.2) is 12.1 Å². The van der Waals surface area contributed by atoms with Gasteiger partial charge in [0, 0.05) is 18.0 Å². The number of pyridine rings is 1. The van der Waals surface area contributed by atoms with E-state index >= 15 is 0 Å². The number of hydrogen-bond acceptors (Lipinski definition) is 2. The van der Waals surface area contributed by atoms with Crippen LogP contribution in [0, 0.1) is 0 Å². The molecule has 0 amide bonds. The van der Waals surface area contributed by atoms with Gasteiger partial charge in [-0.1, -0.05) is 0 Å². The minimum absolute atomic E-state index is 0.617. The molecule has 0 atom stereocenters. The zero-order chi connectivity index (χ0) is 6.97. The highest BCUT2D eigenvalue weighted by atomic mass is 35.5. The van der Waals surface area contributed by atoms with Crippen molar-refractivity contribution in [2.24, 2.45) is 0 Å². The molecule has 0 aliphatic carbocycles. The van der Waals surface area contributed by atoms with Crippen LogP contribution in [-0.2, 0) is 6.42 Å². The average molecular weight is 156 g/mol. The second-order valence-corrected chi connectivity index (χ2v) is 2.52. The predicted molar refractivity (Wildman–Crippen MR) is 38.7 cm³/mol. The average Bonchev–Trinajstić information content (AvgIpc) is 2.66. The van der Waals surface area contributed by atoms with Gasteiger partial charge in [0.1, 0.15) is 0 Å². The number of ether oxygens (including phenoxy) is 1.